The van der Waals surface area contributed by atoms with Crippen LogP contribution in [0.15, 0.2) is 158 Å². The molecule has 9 aromatic rings. The Morgan fingerprint density at radius 2 is 1.08 bits per heavy atom. The Bertz CT molecular complexity index is 2970. The Morgan fingerprint density at radius 1 is 0.481 bits per heavy atom. The second kappa shape index (κ2) is 12.0. The molecule has 6 aromatic carbocycles. The molecule has 10 rings (SSSR count). The monoisotopic (exact) mass is 666 g/mol. The van der Waals surface area contributed by atoms with Gasteiger partial charge in [-0.25, -0.2) is 15.0 Å². The third-order valence-electron chi connectivity index (χ3n) is 9.98. The molecular formula is C46H30N6. The van der Waals surface area contributed by atoms with Crippen molar-refractivity contribution in [2.75, 3.05) is 0 Å². The molecule has 6 heteroatoms. The minimum absolute atomic E-state index is 0.537. The number of hydrogen-bond donors (Lipinski definition) is 0. The van der Waals surface area contributed by atoms with Gasteiger partial charge in [0.15, 0.2) is 17.5 Å². The third kappa shape index (κ3) is 4.83. The number of para-hydroxylation sites is 3. The largest absolute Gasteiger partial charge is 0.309 e. The summed E-state index contributed by atoms with van der Waals surface area (Å²) in [6.07, 6.45) is 8.36. The average Bonchev–Trinajstić information content (AvgIpc) is 3.72. The smallest absolute Gasteiger partial charge is 0.164 e. The first-order chi connectivity index (χ1) is 25.7. The highest BCUT2D eigenvalue weighted by Crippen LogP contribution is 2.40. The molecule has 3 aromatic heterocycles. The number of aromatic nitrogens is 5. The Kier molecular flexibility index (Phi) is 6.90. The molecule has 3 heterocycles. The summed E-state index contributed by atoms with van der Waals surface area (Å²) in [5.74, 6) is 1.74. The van der Waals surface area contributed by atoms with Crippen LogP contribution in [0.2, 0.25) is 0 Å². The van der Waals surface area contributed by atoms with Gasteiger partial charge in [0, 0.05) is 49.6 Å². The van der Waals surface area contributed by atoms with Crippen LogP contribution < -0.4 is 0 Å². The van der Waals surface area contributed by atoms with E-state index in [9.17, 15) is 5.26 Å². The van der Waals surface area contributed by atoms with E-state index in [1.165, 1.54) is 27.1 Å². The molecule has 6 nitrogen and oxygen atoms in total. The second-order valence-corrected chi connectivity index (χ2v) is 13.1. The maximum atomic E-state index is 9.61. The van der Waals surface area contributed by atoms with Crippen molar-refractivity contribution >= 4 is 49.2 Å². The van der Waals surface area contributed by atoms with Gasteiger partial charge in [-0.2, -0.15) is 5.26 Å². The number of nitriles is 1. The second-order valence-electron chi connectivity index (χ2n) is 13.1. The van der Waals surface area contributed by atoms with Gasteiger partial charge >= 0.3 is 0 Å². The van der Waals surface area contributed by atoms with Gasteiger partial charge in [0.05, 0.1) is 33.7 Å². The van der Waals surface area contributed by atoms with Crippen LogP contribution in [-0.4, -0.2) is 24.1 Å². The van der Waals surface area contributed by atoms with E-state index in [2.05, 4.69) is 149 Å². The van der Waals surface area contributed by atoms with Crippen LogP contribution in [0.1, 0.15) is 24.2 Å². The number of fused-ring (bicyclic) bond motifs is 6. The molecule has 0 fully saturated rings. The molecule has 0 unspecified atom stereocenters. The van der Waals surface area contributed by atoms with E-state index in [0.29, 0.717) is 23.0 Å². The van der Waals surface area contributed by atoms with Crippen LogP contribution in [0.3, 0.4) is 0 Å². The fourth-order valence-corrected chi connectivity index (χ4v) is 7.62. The normalized spacial score (nSPS) is 12.9. The highest BCUT2D eigenvalue weighted by atomic mass is 15.0. The van der Waals surface area contributed by atoms with Gasteiger partial charge < -0.3 is 9.13 Å². The molecule has 0 radical (unpaired) electrons. The summed E-state index contributed by atoms with van der Waals surface area (Å²) >= 11 is 0. The number of hydrogen-bond acceptors (Lipinski definition) is 4. The molecule has 0 saturated heterocycles. The average molecular weight is 667 g/mol. The zero-order valence-corrected chi connectivity index (χ0v) is 28.1. The van der Waals surface area contributed by atoms with Crippen molar-refractivity contribution in [1.82, 2.24) is 24.1 Å². The maximum Gasteiger partial charge on any atom is 0.164 e. The van der Waals surface area contributed by atoms with Crippen molar-refractivity contribution < 1.29 is 0 Å². The van der Waals surface area contributed by atoms with Crippen molar-refractivity contribution in [2.45, 2.75) is 12.8 Å². The lowest BCUT2D eigenvalue weighted by Crippen LogP contribution is -2.03. The third-order valence-corrected chi connectivity index (χ3v) is 9.98. The molecule has 1 aliphatic carbocycles. The van der Waals surface area contributed by atoms with Crippen LogP contribution >= 0.6 is 0 Å². The van der Waals surface area contributed by atoms with Gasteiger partial charge in [-0.1, -0.05) is 97.1 Å². The predicted octanol–water partition coefficient (Wildman–Crippen LogP) is 11.0. The van der Waals surface area contributed by atoms with Crippen LogP contribution in [-0.2, 0) is 0 Å². The minimum atomic E-state index is 0.537. The van der Waals surface area contributed by atoms with Gasteiger partial charge in [0.25, 0.3) is 0 Å². The Labute approximate surface area is 299 Å². The molecule has 0 N–H and O–H groups in total. The van der Waals surface area contributed by atoms with E-state index < -0.39 is 0 Å². The first kappa shape index (κ1) is 29.8. The Morgan fingerprint density at radius 3 is 1.75 bits per heavy atom. The SMILES string of the molecule is N#Cc1cccc(-c2nc(C3=CCCC=C3)nc(-c3cccc(-n4c5ccccc5c5cc6c7ccccc7n(-c7ccccc7)c6cc54)c3)n2)c1. The lowest BCUT2D eigenvalue weighted by Gasteiger charge is -2.13. The molecule has 0 spiro atoms. The van der Waals surface area contributed by atoms with Crippen LogP contribution in [0.25, 0.3) is 83.3 Å². The number of rotatable bonds is 5. The first-order valence-corrected chi connectivity index (χ1v) is 17.5. The summed E-state index contributed by atoms with van der Waals surface area (Å²) in [7, 11) is 0. The zero-order valence-electron chi connectivity index (χ0n) is 28.1. The fourth-order valence-electron chi connectivity index (χ4n) is 7.62. The van der Waals surface area contributed by atoms with Crippen molar-refractivity contribution in [2.24, 2.45) is 0 Å². The molecule has 0 aliphatic heterocycles. The molecule has 1 aliphatic rings. The number of nitrogens with zero attached hydrogens (tertiary/aromatic N) is 6. The van der Waals surface area contributed by atoms with Crippen molar-refractivity contribution in [1.29, 1.82) is 5.26 Å². The molecule has 244 valence electrons. The van der Waals surface area contributed by atoms with E-state index in [1.807, 2.05) is 18.2 Å². The lowest BCUT2D eigenvalue weighted by atomic mass is 10.1. The van der Waals surface area contributed by atoms with Crippen LogP contribution in [0.4, 0.5) is 0 Å². The summed E-state index contributed by atoms with van der Waals surface area (Å²) in [5.41, 5.74) is 9.91. The summed E-state index contributed by atoms with van der Waals surface area (Å²) in [6, 6.07) is 50.7. The lowest BCUT2D eigenvalue weighted by molar-refractivity contribution is 1.01. The standard InChI is InChI=1S/C46H30N6/c47-29-30-13-11-16-32(25-30)45-48-44(31-14-3-1-4-15-31)49-46(50-45)33-17-12-20-35(26-33)52-41-24-10-8-22-37(41)39-27-38-36-21-7-9-23-40(36)51(42(38)28-43(39)52)34-18-5-2-6-19-34/h2-3,5-28H,1,4H2. The number of allylic oxidation sites excluding steroid dienone is 4. The summed E-state index contributed by atoms with van der Waals surface area (Å²) in [5, 5.41) is 14.5. The van der Waals surface area contributed by atoms with Crippen molar-refractivity contribution in [3.8, 4) is 40.2 Å². The van der Waals surface area contributed by atoms with E-state index in [0.717, 1.165) is 57.5 Å². The van der Waals surface area contributed by atoms with E-state index in [-0.39, 0.29) is 0 Å². The predicted molar refractivity (Wildman–Crippen MR) is 210 cm³/mol. The maximum absolute atomic E-state index is 9.61. The molecule has 52 heavy (non-hydrogen) atoms. The number of benzene rings is 6. The minimum Gasteiger partial charge on any atom is -0.309 e. The van der Waals surface area contributed by atoms with E-state index in [1.54, 1.807) is 6.07 Å². The molecule has 0 amide bonds. The molecule has 0 atom stereocenters. The summed E-state index contributed by atoms with van der Waals surface area (Å²) < 4.78 is 4.72. The first-order valence-electron chi connectivity index (χ1n) is 17.5. The Hall–Kier alpha value is -7.10. The van der Waals surface area contributed by atoms with Crippen LogP contribution in [0, 0.1) is 11.3 Å². The molecular weight excluding hydrogens is 637 g/mol. The van der Waals surface area contributed by atoms with Gasteiger partial charge in [0.1, 0.15) is 0 Å². The van der Waals surface area contributed by atoms with Crippen LogP contribution in [0.5, 0.6) is 0 Å². The van der Waals surface area contributed by atoms with E-state index in [4.69, 9.17) is 15.0 Å². The van der Waals surface area contributed by atoms with Crippen molar-refractivity contribution in [3.63, 3.8) is 0 Å². The highest BCUT2D eigenvalue weighted by molar-refractivity contribution is 6.19. The topological polar surface area (TPSA) is 72.3 Å². The highest BCUT2D eigenvalue weighted by Gasteiger charge is 2.20. The quantitative estimate of drug-likeness (QED) is 0.183. The van der Waals surface area contributed by atoms with Gasteiger partial charge in [-0.05, 0) is 73.5 Å². The van der Waals surface area contributed by atoms with Gasteiger partial charge in [-0.3, -0.25) is 0 Å². The van der Waals surface area contributed by atoms with Gasteiger partial charge in [-0.15, -0.1) is 0 Å². The van der Waals surface area contributed by atoms with E-state index >= 15 is 0 Å². The zero-order chi connectivity index (χ0) is 34.6. The molecule has 0 saturated carbocycles. The van der Waals surface area contributed by atoms with Crippen molar-refractivity contribution in [3.05, 3.63) is 169 Å². The summed E-state index contributed by atoms with van der Waals surface area (Å²) in [6.45, 7) is 0. The van der Waals surface area contributed by atoms with Gasteiger partial charge in [0.2, 0.25) is 0 Å². The Balaban J connectivity index is 1.21. The fraction of sp³-hybridized carbons (Fsp3) is 0.0435. The summed E-state index contributed by atoms with van der Waals surface area (Å²) in [4.78, 5) is 14.9. The molecule has 0 bridgehead atoms.